The van der Waals surface area contributed by atoms with Gasteiger partial charge in [0.25, 0.3) is 10.0 Å². The molecule has 5 nitrogen and oxygen atoms in total. The highest BCUT2D eigenvalue weighted by Crippen LogP contribution is 2.34. The Kier molecular flexibility index (Phi) is 4.56. The fourth-order valence-electron chi connectivity index (χ4n) is 3.28. The molecule has 1 N–H and O–H groups in total. The fraction of sp³-hybridized carbons (Fsp3) is 0.316. The zero-order chi connectivity index (χ0) is 18.2. The summed E-state index contributed by atoms with van der Waals surface area (Å²) in [6.45, 7) is 5.54. The van der Waals surface area contributed by atoms with Crippen molar-refractivity contribution in [2.24, 2.45) is 0 Å². The molecule has 0 unspecified atom stereocenters. The molecule has 0 fully saturated rings. The molecule has 3 rings (SSSR count). The molecule has 1 amide bonds. The summed E-state index contributed by atoms with van der Waals surface area (Å²) in [6.07, 6.45) is 1.56. The minimum atomic E-state index is -3.66. The number of benzene rings is 2. The van der Waals surface area contributed by atoms with Gasteiger partial charge in [-0.2, -0.15) is 0 Å². The SMILES string of the molecule is CCc1ccc(NS(=O)(=O)c2ccc3c(c2)C[C@@H](C)N3C(C)=O)cc1. The number of nitrogens with one attached hydrogen (secondary N) is 1. The van der Waals surface area contributed by atoms with Crippen LogP contribution in [0.15, 0.2) is 47.4 Å². The first-order valence-corrected chi connectivity index (χ1v) is 9.84. The van der Waals surface area contributed by atoms with Crippen LogP contribution in [0.2, 0.25) is 0 Å². The van der Waals surface area contributed by atoms with Crippen LogP contribution in [0.1, 0.15) is 31.9 Å². The number of amides is 1. The van der Waals surface area contributed by atoms with E-state index < -0.39 is 10.0 Å². The fourth-order valence-corrected chi connectivity index (χ4v) is 4.39. The Morgan fingerprint density at radius 1 is 1.20 bits per heavy atom. The second kappa shape index (κ2) is 6.52. The number of hydrogen-bond donors (Lipinski definition) is 1. The van der Waals surface area contributed by atoms with E-state index in [-0.39, 0.29) is 16.8 Å². The van der Waals surface area contributed by atoms with Gasteiger partial charge < -0.3 is 4.90 Å². The third-order valence-corrected chi connectivity index (χ3v) is 5.91. The minimum absolute atomic E-state index is 0.0315. The first kappa shape index (κ1) is 17.5. The van der Waals surface area contributed by atoms with Gasteiger partial charge >= 0.3 is 0 Å². The van der Waals surface area contributed by atoms with E-state index in [0.29, 0.717) is 12.1 Å². The van der Waals surface area contributed by atoms with Gasteiger partial charge in [0, 0.05) is 24.3 Å². The molecule has 0 bridgehead atoms. The van der Waals surface area contributed by atoms with Crippen LogP contribution >= 0.6 is 0 Å². The van der Waals surface area contributed by atoms with E-state index in [9.17, 15) is 13.2 Å². The number of aryl methyl sites for hydroxylation is 1. The molecule has 0 spiro atoms. The normalized spacial score (nSPS) is 16.6. The van der Waals surface area contributed by atoms with Gasteiger partial charge in [0.1, 0.15) is 0 Å². The summed E-state index contributed by atoms with van der Waals surface area (Å²) in [4.78, 5) is 13.7. The molecule has 1 aliphatic rings. The van der Waals surface area contributed by atoms with E-state index in [4.69, 9.17) is 0 Å². The van der Waals surface area contributed by atoms with Gasteiger partial charge in [-0.15, -0.1) is 0 Å². The minimum Gasteiger partial charge on any atom is -0.309 e. The first-order valence-electron chi connectivity index (χ1n) is 8.36. The van der Waals surface area contributed by atoms with Gasteiger partial charge in [-0.3, -0.25) is 9.52 Å². The number of sulfonamides is 1. The summed E-state index contributed by atoms with van der Waals surface area (Å²) in [7, 11) is -3.66. The second-order valence-electron chi connectivity index (χ2n) is 6.39. The van der Waals surface area contributed by atoms with Crippen molar-refractivity contribution in [3.05, 3.63) is 53.6 Å². The molecule has 0 saturated carbocycles. The van der Waals surface area contributed by atoms with Crippen molar-refractivity contribution in [2.45, 2.75) is 44.6 Å². The lowest BCUT2D eigenvalue weighted by molar-refractivity contribution is -0.116. The summed E-state index contributed by atoms with van der Waals surface area (Å²) in [6, 6.07) is 12.3. The van der Waals surface area contributed by atoms with Crippen LogP contribution < -0.4 is 9.62 Å². The van der Waals surface area contributed by atoms with Gasteiger partial charge in [-0.1, -0.05) is 19.1 Å². The number of anilines is 2. The molecule has 0 aromatic heterocycles. The smallest absolute Gasteiger partial charge is 0.261 e. The highest BCUT2D eigenvalue weighted by atomic mass is 32.2. The summed E-state index contributed by atoms with van der Waals surface area (Å²) < 4.78 is 27.9. The molecule has 2 aromatic carbocycles. The quantitative estimate of drug-likeness (QED) is 0.911. The van der Waals surface area contributed by atoms with E-state index >= 15 is 0 Å². The molecule has 0 aliphatic carbocycles. The molecule has 1 aliphatic heterocycles. The van der Waals surface area contributed by atoms with E-state index in [2.05, 4.69) is 11.6 Å². The van der Waals surface area contributed by atoms with E-state index in [1.807, 2.05) is 19.1 Å². The van der Waals surface area contributed by atoms with Crippen LogP contribution in [0.25, 0.3) is 0 Å². The zero-order valence-electron chi connectivity index (χ0n) is 14.6. The zero-order valence-corrected chi connectivity index (χ0v) is 15.4. The molecule has 1 heterocycles. The van der Waals surface area contributed by atoms with Gasteiger partial charge in [-0.05, 0) is 61.2 Å². The maximum Gasteiger partial charge on any atom is 0.261 e. The van der Waals surface area contributed by atoms with Crippen molar-refractivity contribution in [3.63, 3.8) is 0 Å². The predicted octanol–water partition coefficient (Wildman–Crippen LogP) is 3.35. The van der Waals surface area contributed by atoms with Gasteiger partial charge in [0.15, 0.2) is 0 Å². The van der Waals surface area contributed by atoms with Crippen molar-refractivity contribution in [1.82, 2.24) is 0 Å². The Labute approximate surface area is 148 Å². The van der Waals surface area contributed by atoms with Crippen LogP contribution in [-0.2, 0) is 27.7 Å². The summed E-state index contributed by atoms with van der Waals surface area (Å²) in [5.74, 6) is -0.0315. The molecule has 6 heteroatoms. The van der Waals surface area contributed by atoms with Crippen molar-refractivity contribution < 1.29 is 13.2 Å². The topological polar surface area (TPSA) is 66.5 Å². The molecular formula is C19H22N2O3S. The summed E-state index contributed by atoms with van der Waals surface area (Å²) >= 11 is 0. The highest BCUT2D eigenvalue weighted by Gasteiger charge is 2.30. The monoisotopic (exact) mass is 358 g/mol. The average molecular weight is 358 g/mol. The standard InChI is InChI=1S/C19H22N2O3S/c1-4-15-5-7-17(8-6-15)20-25(23,24)18-9-10-19-16(12-18)11-13(2)21(19)14(3)22/h5-10,12-13,20H,4,11H2,1-3H3/t13-/m1/s1. The maximum atomic E-state index is 12.7. The number of rotatable bonds is 4. The Bertz CT molecular complexity index is 905. The number of carbonyl (C=O) groups is 1. The molecule has 2 aromatic rings. The van der Waals surface area contributed by atoms with Gasteiger partial charge in [0.2, 0.25) is 5.91 Å². The second-order valence-corrected chi connectivity index (χ2v) is 8.07. The number of carbonyl (C=O) groups excluding carboxylic acids is 1. The number of hydrogen-bond acceptors (Lipinski definition) is 3. The Morgan fingerprint density at radius 3 is 2.48 bits per heavy atom. The lowest BCUT2D eigenvalue weighted by Crippen LogP contribution is -2.33. The summed E-state index contributed by atoms with van der Waals surface area (Å²) in [5.41, 5.74) is 3.37. The van der Waals surface area contributed by atoms with Gasteiger partial charge in [-0.25, -0.2) is 8.42 Å². The summed E-state index contributed by atoms with van der Waals surface area (Å²) in [5, 5.41) is 0. The molecule has 1 atom stereocenters. The van der Waals surface area contributed by atoms with E-state index in [1.165, 1.54) is 6.92 Å². The maximum absolute atomic E-state index is 12.7. The largest absolute Gasteiger partial charge is 0.309 e. The van der Waals surface area contributed by atoms with Crippen molar-refractivity contribution >= 4 is 27.3 Å². The Hall–Kier alpha value is -2.34. The molecular weight excluding hydrogens is 336 g/mol. The molecule has 132 valence electrons. The lowest BCUT2D eigenvalue weighted by atomic mass is 10.1. The van der Waals surface area contributed by atoms with Crippen LogP contribution in [-0.4, -0.2) is 20.4 Å². The van der Waals surface area contributed by atoms with Crippen molar-refractivity contribution in [2.75, 3.05) is 9.62 Å². The third kappa shape index (κ3) is 3.39. The molecule has 0 saturated heterocycles. The van der Waals surface area contributed by atoms with Crippen LogP contribution in [0.4, 0.5) is 11.4 Å². The van der Waals surface area contributed by atoms with Crippen LogP contribution in [0.5, 0.6) is 0 Å². The number of nitrogens with zero attached hydrogens (tertiary/aromatic N) is 1. The van der Waals surface area contributed by atoms with Crippen molar-refractivity contribution in [1.29, 1.82) is 0 Å². The van der Waals surface area contributed by atoms with E-state index in [1.54, 1.807) is 35.2 Å². The Balaban J connectivity index is 1.88. The molecule has 25 heavy (non-hydrogen) atoms. The predicted molar refractivity (Wildman–Crippen MR) is 99.4 cm³/mol. The average Bonchev–Trinajstić information content (AvgIpc) is 2.90. The van der Waals surface area contributed by atoms with E-state index in [0.717, 1.165) is 23.2 Å². The lowest BCUT2D eigenvalue weighted by Gasteiger charge is -2.20. The van der Waals surface area contributed by atoms with Gasteiger partial charge in [0.05, 0.1) is 4.90 Å². The number of fused-ring (bicyclic) bond motifs is 1. The van der Waals surface area contributed by atoms with Crippen LogP contribution in [0, 0.1) is 0 Å². The molecule has 0 radical (unpaired) electrons. The van der Waals surface area contributed by atoms with Crippen molar-refractivity contribution in [3.8, 4) is 0 Å². The Morgan fingerprint density at radius 2 is 1.88 bits per heavy atom. The highest BCUT2D eigenvalue weighted by molar-refractivity contribution is 7.92. The first-order chi connectivity index (χ1) is 11.8. The third-order valence-electron chi connectivity index (χ3n) is 4.53. The van der Waals surface area contributed by atoms with Crippen LogP contribution in [0.3, 0.4) is 0 Å².